The third-order valence-electron chi connectivity index (χ3n) is 3.47. The summed E-state index contributed by atoms with van der Waals surface area (Å²) < 4.78 is 1.12. The predicted molar refractivity (Wildman–Crippen MR) is 100 cm³/mol. The summed E-state index contributed by atoms with van der Waals surface area (Å²) in [5.74, 6) is 0.910. The lowest BCUT2D eigenvalue weighted by molar-refractivity contribution is 0.508. The summed E-state index contributed by atoms with van der Waals surface area (Å²) in [6.07, 6.45) is 2.52. The molecule has 0 aromatic heterocycles. The summed E-state index contributed by atoms with van der Waals surface area (Å²) in [5, 5.41) is 6.83. The van der Waals surface area contributed by atoms with Crippen LogP contribution in [0.2, 0.25) is 0 Å². The molecular formula is C15H23BrIN3. The number of nitrogens with one attached hydrogen (secondary N) is 2. The first-order valence-electron chi connectivity index (χ1n) is 6.74. The Morgan fingerprint density at radius 1 is 1.30 bits per heavy atom. The van der Waals surface area contributed by atoms with Crippen LogP contribution >= 0.6 is 39.9 Å². The van der Waals surface area contributed by atoms with Crippen LogP contribution in [0.1, 0.15) is 32.3 Å². The van der Waals surface area contributed by atoms with Gasteiger partial charge < -0.3 is 10.6 Å². The largest absolute Gasteiger partial charge is 0.356 e. The molecule has 2 N–H and O–H groups in total. The van der Waals surface area contributed by atoms with Gasteiger partial charge in [0.1, 0.15) is 0 Å². The topological polar surface area (TPSA) is 36.4 Å². The number of halogens is 2. The number of rotatable bonds is 4. The lowest BCUT2D eigenvalue weighted by Gasteiger charge is -2.27. The van der Waals surface area contributed by atoms with Gasteiger partial charge in [0.25, 0.3) is 0 Å². The second-order valence-corrected chi connectivity index (χ2v) is 6.65. The van der Waals surface area contributed by atoms with Crippen LogP contribution in [0, 0.1) is 0 Å². The highest BCUT2D eigenvalue weighted by Gasteiger charge is 2.24. The van der Waals surface area contributed by atoms with E-state index in [-0.39, 0.29) is 29.4 Å². The lowest BCUT2D eigenvalue weighted by Crippen LogP contribution is -2.44. The molecule has 2 rings (SSSR count). The fourth-order valence-electron chi connectivity index (χ4n) is 1.92. The van der Waals surface area contributed by atoms with E-state index in [0.29, 0.717) is 6.04 Å². The summed E-state index contributed by atoms with van der Waals surface area (Å²) in [6.45, 7) is 5.35. The van der Waals surface area contributed by atoms with Gasteiger partial charge in [0.05, 0.1) is 0 Å². The Balaban J connectivity index is 0.00000200. The number of nitrogens with zero attached hydrogens (tertiary/aromatic N) is 1. The van der Waals surface area contributed by atoms with Gasteiger partial charge in [-0.3, -0.25) is 4.99 Å². The van der Waals surface area contributed by atoms with E-state index in [2.05, 4.69) is 69.7 Å². The Hall–Kier alpha value is -0.300. The number of aliphatic imine (C=N–C) groups is 1. The van der Waals surface area contributed by atoms with Gasteiger partial charge in [-0.1, -0.05) is 41.9 Å². The fourth-order valence-corrected chi connectivity index (χ4v) is 2.19. The molecule has 0 amide bonds. The van der Waals surface area contributed by atoms with Crippen molar-refractivity contribution in [1.29, 1.82) is 0 Å². The minimum Gasteiger partial charge on any atom is -0.356 e. The summed E-state index contributed by atoms with van der Waals surface area (Å²) in [6, 6.07) is 9.15. The zero-order chi connectivity index (χ0) is 13.9. The number of benzene rings is 1. The van der Waals surface area contributed by atoms with Gasteiger partial charge in [-0.05, 0) is 30.5 Å². The van der Waals surface area contributed by atoms with Crippen LogP contribution in [0.25, 0.3) is 0 Å². The van der Waals surface area contributed by atoms with E-state index in [4.69, 9.17) is 0 Å². The summed E-state index contributed by atoms with van der Waals surface area (Å²) in [4.78, 5) is 4.27. The first-order chi connectivity index (χ1) is 9.01. The normalized spacial score (nSPS) is 15.5. The molecule has 1 fully saturated rings. The van der Waals surface area contributed by atoms with Crippen molar-refractivity contribution in [3.63, 3.8) is 0 Å². The quantitative estimate of drug-likeness (QED) is 0.416. The molecule has 0 atom stereocenters. The minimum absolute atomic E-state index is 0. The van der Waals surface area contributed by atoms with Crippen LogP contribution in [-0.4, -0.2) is 25.6 Å². The summed E-state index contributed by atoms with van der Waals surface area (Å²) >= 11 is 3.47. The van der Waals surface area contributed by atoms with E-state index >= 15 is 0 Å². The van der Waals surface area contributed by atoms with E-state index in [0.717, 1.165) is 17.0 Å². The SMILES string of the molecule is CN=C(NCC(C)(C)c1ccc(Br)cc1)NC1CC1.I. The molecule has 0 aliphatic heterocycles. The van der Waals surface area contributed by atoms with E-state index in [1.807, 2.05) is 7.05 Å². The Morgan fingerprint density at radius 3 is 2.40 bits per heavy atom. The average Bonchev–Trinajstić information content (AvgIpc) is 3.19. The monoisotopic (exact) mass is 451 g/mol. The van der Waals surface area contributed by atoms with E-state index in [9.17, 15) is 0 Å². The molecular weight excluding hydrogens is 429 g/mol. The average molecular weight is 452 g/mol. The zero-order valence-electron chi connectivity index (χ0n) is 12.2. The molecule has 112 valence electrons. The van der Waals surface area contributed by atoms with Gasteiger partial charge in [-0.15, -0.1) is 24.0 Å². The molecule has 0 radical (unpaired) electrons. The van der Waals surface area contributed by atoms with E-state index in [1.54, 1.807) is 0 Å². The molecule has 20 heavy (non-hydrogen) atoms. The minimum atomic E-state index is 0. The predicted octanol–water partition coefficient (Wildman–Crippen LogP) is 3.67. The van der Waals surface area contributed by atoms with Crippen molar-refractivity contribution in [1.82, 2.24) is 10.6 Å². The maximum Gasteiger partial charge on any atom is 0.191 e. The zero-order valence-corrected chi connectivity index (χ0v) is 16.2. The first-order valence-corrected chi connectivity index (χ1v) is 7.54. The van der Waals surface area contributed by atoms with Gasteiger partial charge in [-0.25, -0.2) is 0 Å². The van der Waals surface area contributed by atoms with Crippen LogP contribution in [0.15, 0.2) is 33.7 Å². The molecule has 0 unspecified atom stereocenters. The van der Waals surface area contributed by atoms with Crippen molar-refractivity contribution < 1.29 is 0 Å². The van der Waals surface area contributed by atoms with Crippen molar-refractivity contribution in [2.45, 2.75) is 38.1 Å². The molecule has 0 saturated heterocycles. The molecule has 0 heterocycles. The Kier molecular flexibility index (Phi) is 6.78. The van der Waals surface area contributed by atoms with Crippen LogP contribution in [0.3, 0.4) is 0 Å². The van der Waals surface area contributed by atoms with Crippen molar-refractivity contribution in [3.05, 3.63) is 34.3 Å². The van der Waals surface area contributed by atoms with Gasteiger partial charge in [0.15, 0.2) is 5.96 Å². The Bertz CT molecular complexity index is 453. The van der Waals surface area contributed by atoms with Gasteiger partial charge >= 0.3 is 0 Å². The molecule has 0 spiro atoms. The molecule has 0 bridgehead atoms. The Morgan fingerprint density at radius 2 is 1.90 bits per heavy atom. The second kappa shape index (κ2) is 7.64. The molecule has 5 heteroatoms. The highest BCUT2D eigenvalue weighted by Crippen LogP contribution is 2.24. The van der Waals surface area contributed by atoms with Crippen molar-refractivity contribution >= 4 is 45.9 Å². The number of hydrogen-bond donors (Lipinski definition) is 2. The van der Waals surface area contributed by atoms with E-state index < -0.39 is 0 Å². The second-order valence-electron chi connectivity index (χ2n) is 5.74. The fraction of sp³-hybridized carbons (Fsp3) is 0.533. The molecule has 1 aliphatic carbocycles. The smallest absolute Gasteiger partial charge is 0.191 e. The first kappa shape index (κ1) is 17.8. The number of guanidine groups is 1. The Labute approximate surface area is 147 Å². The molecule has 1 aromatic carbocycles. The highest BCUT2D eigenvalue weighted by molar-refractivity contribution is 14.0. The molecule has 1 aliphatic rings. The van der Waals surface area contributed by atoms with Crippen molar-refractivity contribution in [2.24, 2.45) is 4.99 Å². The summed E-state index contributed by atoms with van der Waals surface area (Å²) in [5.41, 5.74) is 1.40. The third kappa shape index (κ3) is 5.24. The maximum atomic E-state index is 4.27. The lowest BCUT2D eigenvalue weighted by atomic mass is 9.85. The third-order valence-corrected chi connectivity index (χ3v) is 3.99. The van der Waals surface area contributed by atoms with Crippen LogP contribution < -0.4 is 10.6 Å². The molecule has 1 aromatic rings. The van der Waals surface area contributed by atoms with Crippen molar-refractivity contribution in [3.8, 4) is 0 Å². The molecule has 1 saturated carbocycles. The van der Waals surface area contributed by atoms with Crippen LogP contribution in [0.4, 0.5) is 0 Å². The van der Waals surface area contributed by atoms with Crippen LogP contribution in [-0.2, 0) is 5.41 Å². The van der Waals surface area contributed by atoms with Gasteiger partial charge in [0.2, 0.25) is 0 Å². The number of hydrogen-bond acceptors (Lipinski definition) is 1. The van der Waals surface area contributed by atoms with E-state index in [1.165, 1.54) is 18.4 Å². The molecule has 3 nitrogen and oxygen atoms in total. The van der Waals surface area contributed by atoms with Gasteiger partial charge in [0, 0.05) is 29.5 Å². The highest BCUT2D eigenvalue weighted by atomic mass is 127. The standard InChI is InChI=1S/C15H22BrN3.HI/c1-15(2,11-4-6-12(16)7-5-11)10-18-14(17-3)19-13-8-9-13;/h4-7,13H,8-10H2,1-3H3,(H2,17,18,19);1H. The maximum absolute atomic E-state index is 4.27. The summed E-state index contributed by atoms with van der Waals surface area (Å²) in [7, 11) is 1.82. The van der Waals surface area contributed by atoms with Crippen LogP contribution in [0.5, 0.6) is 0 Å². The van der Waals surface area contributed by atoms with Crippen molar-refractivity contribution in [2.75, 3.05) is 13.6 Å². The van der Waals surface area contributed by atoms with Gasteiger partial charge in [-0.2, -0.15) is 0 Å².